The van der Waals surface area contributed by atoms with Gasteiger partial charge in [-0.3, -0.25) is 4.79 Å². The number of carbonyl (C=O) groups is 1. The number of rotatable bonds is 9. The quantitative estimate of drug-likeness (QED) is 0.680. The van der Waals surface area contributed by atoms with Crippen LogP contribution in [0.1, 0.15) is 56.8 Å². The van der Waals surface area contributed by atoms with E-state index in [4.69, 9.17) is 0 Å². The van der Waals surface area contributed by atoms with E-state index in [1.807, 2.05) is 18.2 Å². The van der Waals surface area contributed by atoms with E-state index in [0.717, 1.165) is 49.6 Å². The second kappa shape index (κ2) is 9.76. The highest BCUT2D eigenvalue weighted by molar-refractivity contribution is 7.99. The van der Waals surface area contributed by atoms with Crippen molar-refractivity contribution in [1.82, 2.24) is 20.1 Å². The summed E-state index contributed by atoms with van der Waals surface area (Å²) in [6.45, 7) is 3.08. The lowest BCUT2D eigenvalue weighted by Gasteiger charge is -2.12. The first kappa shape index (κ1) is 19.0. The topological polar surface area (TPSA) is 59.8 Å². The molecule has 1 amide bonds. The number of unbranched alkanes of at least 4 members (excludes halogenated alkanes) is 1. The Hall–Kier alpha value is -1.82. The molecule has 3 rings (SSSR count). The summed E-state index contributed by atoms with van der Waals surface area (Å²) in [5.41, 5.74) is 1.23. The molecule has 1 N–H and O–H groups in total. The Morgan fingerprint density at radius 2 is 2.00 bits per heavy atom. The van der Waals surface area contributed by atoms with Crippen molar-refractivity contribution < 1.29 is 4.79 Å². The van der Waals surface area contributed by atoms with Crippen LogP contribution >= 0.6 is 11.8 Å². The Morgan fingerprint density at radius 1 is 1.23 bits per heavy atom. The van der Waals surface area contributed by atoms with Crippen molar-refractivity contribution >= 4 is 17.7 Å². The molecule has 0 aliphatic heterocycles. The number of carbonyl (C=O) groups excluding carboxylic acids is 1. The van der Waals surface area contributed by atoms with Gasteiger partial charge in [-0.2, -0.15) is 0 Å². The maximum atomic E-state index is 12.2. The van der Waals surface area contributed by atoms with Gasteiger partial charge >= 0.3 is 0 Å². The lowest BCUT2D eigenvalue weighted by atomic mass is 10.1. The fourth-order valence-electron chi connectivity index (χ4n) is 3.35. The molecular weight excluding hydrogens is 344 g/mol. The Bertz CT molecular complexity index is 695. The van der Waals surface area contributed by atoms with Gasteiger partial charge in [-0.25, -0.2) is 0 Å². The van der Waals surface area contributed by atoms with Gasteiger partial charge in [0.15, 0.2) is 5.16 Å². The Balaban J connectivity index is 1.62. The zero-order valence-corrected chi connectivity index (χ0v) is 16.3. The summed E-state index contributed by atoms with van der Waals surface area (Å²) >= 11 is 1.50. The SMILES string of the molecule is CCCCn1c(Cc2ccccc2)nnc1SCC(=O)NC1CCCC1. The summed E-state index contributed by atoms with van der Waals surface area (Å²) in [6, 6.07) is 10.7. The van der Waals surface area contributed by atoms with Crippen molar-refractivity contribution in [3.05, 3.63) is 41.7 Å². The molecule has 0 saturated heterocycles. The minimum absolute atomic E-state index is 0.108. The van der Waals surface area contributed by atoms with Crippen LogP contribution < -0.4 is 5.32 Å². The van der Waals surface area contributed by atoms with Gasteiger partial charge < -0.3 is 9.88 Å². The van der Waals surface area contributed by atoms with E-state index < -0.39 is 0 Å². The predicted molar refractivity (Wildman–Crippen MR) is 105 cm³/mol. The molecule has 1 aromatic heterocycles. The number of nitrogens with zero attached hydrogens (tertiary/aromatic N) is 3. The van der Waals surface area contributed by atoms with Crippen LogP contribution in [0.25, 0.3) is 0 Å². The molecule has 0 unspecified atom stereocenters. The predicted octanol–water partition coefficient (Wildman–Crippen LogP) is 3.82. The molecule has 1 fully saturated rings. The summed E-state index contributed by atoms with van der Waals surface area (Å²) < 4.78 is 2.18. The highest BCUT2D eigenvalue weighted by Gasteiger charge is 2.18. The van der Waals surface area contributed by atoms with Crippen LogP contribution in [0.3, 0.4) is 0 Å². The summed E-state index contributed by atoms with van der Waals surface area (Å²) in [7, 11) is 0. The zero-order valence-electron chi connectivity index (χ0n) is 15.5. The molecule has 5 nitrogen and oxygen atoms in total. The van der Waals surface area contributed by atoms with E-state index >= 15 is 0 Å². The monoisotopic (exact) mass is 372 g/mol. The first-order valence-electron chi connectivity index (χ1n) is 9.64. The first-order valence-corrected chi connectivity index (χ1v) is 10.6. The molecule has 0 atom stereocenters. The van der Waals surface area contributed by atoms with Crippen LogP contribution in [0.2, 0.25) is 0 Å². The third-order valence-electron chi connectivity index (χ3n) is 4.79. The van der Waals surface area contributed by atoms with Crippen molar-refractivity contribution in [2.24, 2.45) is 0 Å². The van der Waals surface area contributed by atoms with Crippen molar-refractivity contribution in [3.8, 4) is 0 Å². The lowest BCUT2D eigenvalue weighted by molar-refractivity contribution is -0.119. The van der Waals surface area contributed by atoms with E-state index in [1.165, 1.54) is 30.2 Å². The van der Waals surface area contributed by atoms with Gasteiger partial charge in [0.05, 0.1) is 5.75 Å². The third kappa shape index (κ3) is 5.34. The van der Waals surface area contributed by atoms with Crippen LogP contribution in [0.4, 0.5) is 0 Å². The molecule has 1 heterocycles. The maximum absolute atomic E-state index is 12.2. The van der Waals surface area contributed by atoms with Gasteiger partial charge in [-0.05, 0) is 24.8 Å². The molecule has 0 bridgehead atoms. The van der Waals surface area contributed by atoms with Crippen LogP contribution in [-0.2, 0) is 17.8 Å². The van der Waals surface area contributed by atoms with E-state index in [-0.39, 0.29) is 5.91 Å². The van der Waals surface area contributed by atoms with Gasteiger partial charge in [0.1, 0.15) is 5.82 Å². The Kier molecular flexibility index (Phi) is 7.12. The smallest absolute Gasteiger partial charge is 0.230 e. The molecule has 26 heavy (non-hydrogen) atoms. The van der Waals surface area contributed by atoms with Crippen molar-refractivity contribution in [2.45, 2.75) is 69.6 Å². The normalized spacial score (nSPS) is 14.7. The summed E-state index contributed by atoms with van der Waals surface area (Å²) in [5.74, 6) is 1.49. The van der Waals surface area contributed by atoms with Gasteiger partial charge in [0, 0.05) is 19.0 Å². The number of thioether (sulfide) groups is 1. The first-order chi connectivity index (χ1) is 12.8. The van der Waals surface area contributed by atoms with Crippen LogP contribution in [-0.4, -0.2) is 32.5 Å². The second-order valence-electron chi connectivity index (χ2n) is 6.90. The van der Waals surface area contributed by atoms with E-state index in [9.17, 15) is 4.79 Å². The Labute approximate surface area is 160 Å². The van der Waals surface area contributed by atoms with Gasteiger partial charge in [-0.15, -0.1) is 10.2 Å². The number of amides is 1. The minimum Gasteiger partial charge on any atom is -0.353 e. The highest BCUT2D eigenvalue weighted by atomic mass is 32.2. The van der Waals surface area contributed by atoms with Crippen molar-refractivity contribution in [3.63, 3.8) is 0 Å². The molecule has 6 heteroatoms. The molecular formula is C20H28N4OS. The van der Waals surface area contributed by atoms with E-state index in [2.05, 4.69) is 39.1 Å². The number of benzene rings is 1. The zero-order chi connectivity index (χ0) is 18.2. The Morgan fingerprint density at radius 3 is 2.73 bits per heavy atom. The fraction of sp³-hybridized carbons (Fsp3) is 0.550. The number of nitrogens with one attached hydrogen (secondary N) is 1. The van der Waals surface area contributed by atoms with Crippen LogP contribution in [0, 0.1) is 0 Å². The standard InChI is InChI=1S/C20H28N4OS/c1-2-3-13-24-18(14-16-9-5-4-6-10-16)22-23-20(24)26-15-19(25)21-17-11-7-8-12-17/h4-6,9-10,17H,2-3,7-8,11-15H2,1H3,(H,21,25). The van der Waals surface area contributed by atoms with Gasteiger partial charge in [-0.1, -0.05) is 68.3 Å². The second-order valence-corrected chi connectivity index (χ2v) is 7.85. The van der Waals surface area contributed by atoms with E-state index in [0.29, 0.717) is 11.8 Å². The number of aromatic nitrogens is 3. The van der Waals surface area contributed by atoms with Gasteiger partial charge in [0.2, 0.25) is 5.91 Å². The van der Waals surface area contributed by atoms with Crippen LogP contribution in [0.5, 0.6) is 0 Å². The molecule has 0 radical (unpaired) electrons. The molecule has 1 aromatic carbocycles. The van der Waals surface area contributed by atoms with Crippen molar-refractivity contribution in [1.29, 1.82) is 0 Å². The minimum atomic E-state index is 0.108. The van der Waals surface area contributed by atoms with E-state index in [1.54, 1.807) is 0 Å². The molecule has 1 aliphatic carbocycles. The van der Waals surface area contributed by atoms with Crippen molar-refractivity contribution in [2.75, 3.05) is 5.75 Å². The average molecular weight is 373 g/mol. The maximum Gasteiger partial charge on any atom is 0.230 e. The fourth-order valence-corrected chi connectivity index (χ4v) is 4.14. The average Bonchev–Trinajstić information content (AvgIpc) is 3.29. The molecule has 0 spiro atoms. The number of hydrogen-bond donors (Lipinski definition) is 1. The van der Waals surface area contributed by atoms with Crippen LogP contribution in [0.15, 0.2) is 35.5 Å². The molecule has 140 valence electrons. The summed E-state index contributed by atoms with van der Waals surface area (Å²) in [5, 5.41) is 12.8. The highest BCUT2D eigenvalue weighted by Crippen LogP contribution is 2.21. The molecule has 1 aliphatic rings. The number of hydrogen-bond acceptors (Lipinski definition) is 4. The van der Waals surface area contributed by atoms with Gasteiger partial charge in [0.25, 0.3) is 0 Å². The lowest BCUT2D eigenvalue weighted by Crippen LogP contribution is -2.33. The molecule has 2 aromatic rings. The summed E-state index contributed by atoms with van der Waals surface area (Å²) in [6.07, 6.45) is 7.66. The summed E-state index contributed by atoms with van der Waals surface area (Å²) in [4.78, 5) is 12.2. The molecule has 1 saturated carbocycles. The largest absolute Gasteiger partial charge is 0.353 e. The third-order valence-corrected chi connectivity index (χ3v) is 5.75.